The minimum Gasteiger partial charge on any atom is -0.443 e. The molecule has 0 heterocycles. The highest BCUT2D eigenvalue weighted by Gasteiger charge is 2.38. The van der Waals surface area contributed by atoms with Crippen LogP contribution in [0.5, 0.6) is 11.5 Å². The highest BCUT2D eigenvalue weighted by atomic mass is 31.2. The van der Waals surface area contributed by atoms with Gasteiger partial charge in [-0.3, -0.25) is 10.1 Å². The zero-order chi connectivity index (χ0) is 26.1. The van der Waals surface area contributed by atoms with Crippen molar-refractivity contribution in [1.82, 2.24) is 0 Å². The summed E-state index contributed by atoms with van der Waals surface area (Å²) in [6.07, 6.45) is -1.04. The van der Waals surface area contributed by atoms with E-state index in [-0.39, 0.29) is 34.8 Å². The number of hydrogen-bond acceptors (Lipinski definition) is 7. The highest BCUT2D eigenvalue weighted by molar-refractivity contribution is 7.73. The summed E-state index contributed by atoms with van der Waals surface area (Å²) in [6.45, 7) is -0.0693. The van der Waals surface area contributed by atoms with Crippen molar-refractivity contribution in [3.63, 3.8) is 0 Å². The molecule has 0 fully saturated rings. The number of aliphatic imine (C=N–C) groups is 1. The lowest BCUT2D eigenvalue weighted by molar-refractivity contribution is -0.384. The number of non-ortho nitro benzene ring substituents is 1. The first-order valence-electron chi connectivity index (χ1n) is 11.1. The number of hydrogen-bond donors (Lipinski definition) is 0. The summed E-state index contributed by atoms with van der Waals surface area (Å²) in [6, 6.07) is 30.5. The second-order valence-electron chi connectivity index (χ2n) is 7.59. The molecule has 0 unspecified atom stereocenters. The van der Waals surface area contributed by atoms with Crippen molar-refractivity contribution < 1.29 is 28.1 Å². The monoisotopic (exact) mass is 516 g/mol. The lowest BCUT2D eigenvalue weighted by atomic mass is 10.2. The minimum atomic E-state index is -4.40. The number of benzene rings is 4. The first-order chi connectivity index (χ1) is 17.9. The van der Waals surface area contributed by atoms with Crippen LogP contribution >= 0.6 is 7.60 Å². The van der Waals surface area contributed by atoms with Crippen molar-refractivity contribution in [2.45, 2.75) is 6.61 Å². The van der Waals surface area contributed by atoms with Gasteiger partial charge in [0, 0.05) is 17.7 Å². The molecule has 0 aliphatic carbocycles. The summed E-state index contributed by atoms with van der Waals surface area (Å²) in [5.74, 6) is 0.406. The molecule has 0 bridgehead atoms. The predicted octanol–water partition coefficient (Wildman–Crippen LogP) is 7.03. The Morgan fingerprint density at radius 2 is 1.24 bits per heavy atom. The van der Waals surface area contributed by atoms with Gasteiger partial charge >= 0.3 is 13.7 Å². The molecular weight excluding hydrogens is 495 g/mol. The first kappa shape index (κ1) is 25.3. The van der Waals surface area contributed by atoms with Crippen LogP contribution in [-0.2, 0) is 15.9 Å². The number of carbonyl (C=O) groups excluding carboxylic acids is 1. The fourth-order valence-corrected chi connectivity index (χ4v) is 4.88. The maximum Gasteiger partial charge on any atom is 0.482 e. The summed E-state index contributed by atoms with van der Waals surface area (Å²) < 4.78 is 31.3. The molecule has 9 nitrogen and oxygen atoms in total. The van der Waals surface area contributed by atoms with Crippen LogP contribution in [-0.4, -0.2) is 16.5 Å². The third-order valence-corrected chi connectivity index (χ3v) is 6.72. The lowest BCUT2D eigenvalue weighted by Gasteiger charge is -2.21. The molecule has 0 saturated carbocycles. The Bertz CT molecular complexity index is 1380. The molecule has 37 heavy (non-hydrogen) atoms. The van der Waals surface area contributed by atoms with Gasteiger partial charge in [0.1, 0.15) is 18.1 Å². The third-order valence-electron chi connectivity index (χ3n) is 4.94. The number of rotatable bonds is 9. The molecule has 1 amide bonds. The van der Waals surface area contributed by atoms with Gasteiger partial charge < -0.3 is 13.8 Å². The molecule has 186 valence electrons. The molecule has 0 N–H and O–H groups in total. The minimum absolute atomic E-state index is 0.0693. The van der Waals surface area contributed by atoms with Crippen molar-refractivity contribution >= 4 is 24.8 Å². The van der Waals surface area contributed by atoms with Crippen LogP contribution in [0.2, 0.25) is 0 Å². The van der Waals surface area contributed by atoms with E-state index in [0.29, 0.717) is 0 Å². The van der Waals surface area contributed by atoms with E-state index in [0.717, 1.165) is 5.56 Å². The molecule has 0 aliphatic rings. The Hall–Kier alpha value is -4.75. The van der Waals surface area contributed by atoms with E-state index in [1.165, 1.54) is 24.3 Å². The Labute approximate surface area is 212 Å². The van der Waals surface area contributed by atoms with Crippen LogP contribution in [0, 0.1) is 10.1 Å². The van der Waals surface area contributed by atoms with E-state index >= 15 is 0 Å². The summed E-state index contributed by atoms with van der Waals surface area (Å²) >= 11 is 0. The average Bonchev–Trinajstić information content (AvgIpc) is 2.92. The Balaban J connectivity index is 1.76. The van der Waals surface area contributed by atoms with Crippen molar-refractivity contribution in [2.75, 3.05) is 0 Å². The molecule has 0 saturated heterocycles. The molecule has 0 aromatic heterocycles. The number of nitro benzene ring substituents is 1. The zero-order valence-corrected chi connectivity index (χ0v) is 20.3. The van der Waals surface area contributed by atoms with Crippen LogP contribution in [0.25, 0.3) is 0 Å². The van der Waals surface area contributed by atoms with E-state index in [9.17, 15) is 19.5 Å². The molecule has 0 radical (unpaired) electrons. The molecule has 0 aliphatic heterocycles. The summed E-state index contributed by atoms with van der Waals surface area (Å²) in [5, 5.41) is 11.2. The van der Waals surface area contributed by atoms with Crippen LogP contribution < -0.4 is 9.05 Å². The fourth-order valence-electron chi connectivity index (χ4n) is 3.20. The standard InChI is InChI=1S/C27H21N2O7P/c30-27(34-20-21-10-4-1-5-11-21)28-26(22-16-18-23(19-17-22)29(31)32)37(33,35-24-12-6-2-7-13-24)36-25-14-8-3-9-15-25/h1-19H,20H2/b28-26+. The maximum atomic E-state index is 14.4. The van der Waals surface area contributed by atoms with Crippen LogP contribution in [0.15, 0.2) is 120 Å². The largest absolute Gasteiger partial charge is 0.482 e. The molecule has 4 rings (SSSR count). The number of ether oxygens (including phenoxy) is 1. The molecule has 4 aromatic rings. The van der Waals surface area contributed by atoms with Gasteiger partial charge in [0.15, 0.2) is 5.45 Å². The molecular formula is C27H21N2O7P. The number of nitro groups is 1. The molecule has 0 atom stereocenters. The molecule has 10 heteroatoms. The van der Waals surface area contributed by atoms with Gasteiger partial charge in [0.2, 0.25) is 0 Å². The van der Waals surface area contributed by atoms with E-state index in [1.54, 1.807) is 84.9 Å². The first-order valence-corrected chi connectivity index (χ1v) is 12.6. The third kappa shape index (κ3) is 6.90. The van der Waals surface area contributed by atoms with E-state index in [4.69, 9.17) is 13.8 Å². The molecule has 4 aromatic carbocycles. The highest BCUT2D eigenvalue weighted by Crippen LogP contribution is 2.52. The molecule has 0 spiro atoms. The second-order valence-corrected chi connectivity index (χ2v) is 9.37. The van der Waals surface area contributed by atoms with Gasteiger partial charge in [-0.05, 0) is 42.0 Å². The summed E-state index contributed by atoms with van der Waals surface area (Å²) in [5.41, 5.74) is 0.287. The Morgan fingerprint density at radius 1 is 0.757 bits per heavy atom. The maximum absolute atomic E-state index is 14.4. The van der Waals surface area contributed by atoms with E-state index in [2.05, 4.69) is 4.99 Å². The summed E-state index contributed by atoms with van der Waals surface area (Å²) in [4.78, 5) is 27.3. The predicted molar refractivity (Wildman–Crippen MR) is 138 cm³/mol. The smallest absolute Gasteiger partial charge is 0.443 e. The van der Waals surface area contributed by atoms with Crippen molar-refractivity contribution in [3.8, 4) is 11.5 Å². The van der Waals surface area contributed by atoms with E-state index < -0.39 is 18.6 Å². The number of amides is 1. The van der Waals surface area contributed by atoms with Crippen LogP contribution in [0.3, 0.4) is 0 Å². The average molecular weight is 516 g/mol. The fraction of sp³-hybridized carbons (Fsp3) is 0.0370. The number of carbonyl (C=O) groups is 1. The topological polar surface area (TPSA) is 117 Å². The second kappa shape index (κ2) is 11.8. The number of nitrogens with zero attached hydrogens (tertiary/aromatic N) is 2. The SMILES string of the molecule is O=C(/N=C(\c1ccc([N+](=O)[O-])cc1)P(=O)(Oc1ccccc1)Oc1ccccc1)OCc1ccccc1. The van der Waals surface area contributed by atoms with Gasteiger partial charge in [0.25, 0.3) is 5.69 Å². The van der Waals surface area contributed by atoms with Crippen molar-refractivity contribution in [2.24, 2.45) is 4.99 Å². The van der Waals surface area contributed by atoms with Gasteiger partial charge in [-0.2, -0.15) is 4.99 Å². The normalized spacial score (nSPS) is 11.4. The number of para-hydroxylation sites is 2. The van der Waals surface area contributed by atoms with Gasteiger partial charge in [-0.15, -0.1) is 0 Å². The van der Waals surface area contributed by atoms with Gasteiger partial charge in [0.05, 0.1) is 4.92 Å². The quantitative estimate of drug-likeness (QED) is 0.101. The van der Waals surface area contributed by atoms with Gasteiger partial charge in [-0.25, -0.2) is 9.36 Å². The Morgan fingerprint density at radius 3 is 1.73 bits per heavy atom. The van der Waals surface area contributed by atoms with E-state index in [1.807, 2.05) is 6.07 Å². The zero-order valence-electron chi connectivity index (χ0n) is 19.4. The van der Waals surface area contributed by atoms with Crippen molar-refractivity contribution in [1.29, 1.82) is 0 Å². The van der Waals surface area contributed by atoms with Crippen LogP contribution in [0.4, 0.5) is 10.5 Å². The Kier molecular flexibility index (Phi) is 8.08. The van der Waals surface area contributed by atoms with Crippen LogP contribution in [0.1, 0.15) is 11.1 Å². The summed E-state index contributed by atoms with van der Waals surface area (Å²) in [7, 11) is -4.40. The lowest BCUT2D eigenvalue weighted by Crippen LogP contribution is -2.15. The van der Waals surface area contributed by atoms with Gasteiger partial charge in [-0.1, -0.05) is 66.7 Å². The van der Waals surface area contributed by atoms with Crippen molar-refractivity contribution in [3.05, 3.63) is 137 Å².